The highest BCUT2D eigenvalue weighted by Gasteiger charge is 2.31. The van der Waals surface area contributed by atoms with Gasteiger partial charge in [0.1, 0.15) is 11.6 Å². The van der Waals surface area contributed by atoms with Crippen molar-refractivity contribution >= 4 is 0 Å². The Kier molecular flexibility index (Phi) is 3.65. The maximum atomic E-state index is 13.8. The summed E-state index contributed by atoms with van der Waals surface area (Å²) in [7, 11) is 0. The van der Waals surface area contributed by atoms with Gasteiger partial charge in [-0.25, -0.2) is 8.78 Å². The number of nitrogens with two attached hydrogens (primary N) is 1. The zero-order valence-corrected chi connectivity index (χ0v) is 9.72. The fourth-order valence-corrected chi connectivity index (χ4v) is 1.45. The fraction of sp³-hybridized carbons (Fsp3) is 0.500. The molecule has 2 nitrogen and oxygen atoms in total. The van der Waals surface area contributed by atoms with Crippen LogP contribution in [-0.2, 0) is 0 Å². The predicted octanol–water partition coefficient (Wildman–Crippen LogP) is 2.29. The van der Waals surface area contributed by atoms with Gasteiger partial charge in [0.2, 0.25) is 0 Å². The van der Waals surface area contributed by atoms with Gasteiger partial charge in [-0.15, -0.1) is 0 Å². The Morgan fingerprint density at radius 1 is 1.38 bits per heavy atom. The molecule has 0 aliphatic rings. The largest absolute Gasteiger partial charge is 0.396 e. The fourth-order valence-electron chi connectivity index (χ4n) is 1.45. The van der Waals surface area contributed by atoms with Gasteiger partial charge in [0.15, 0.2) is 0 Å². The number of benzene rings is 1. The van der Waals surface area contributed by atoms with Gasteiger partial charge >= 0.3 is 0 Å². The van der Waals surface area contributed by atoms with Crippen molar-refractivity contribution in [2.45, 2.75) is 26.8 Å². The first-order valence-corrected chi connectivity index (χ1v) is 5.12. The molecule has 0 aliphatic carbocycles. The molecule has 1 aromatic carbocycles. The number of halogens is 2. The monoisotopic (exact) mass is 229 g/mol. The second-order valence-corrected chi connectivity index (χ2v) is 4.72. The highest BCUT2D eigenvalue weighted by Crippen LogP contribution is 2.34. The molecule has 3 N–H and O–H groups in total. The lowest BCUT2D eigenvalue weighted by atomic mass is 9.81. The predicted molar refractivity (Wildman–Crippen MR) is 58.9 cm³/mol. The molecule has 16 heavy (non-hydrogen) atoms. The van der Waals surface area contributed by atoms with Crippen molar-refractivity contribution in [3.8, 4) is 0 Å². The SMILES string of the molecule is Cc1ccc(F)c([C@H](N)C(C)(C)CO)c1F. The molecule has 0 radical (unpaired) electrons. The zero-order valence-electron chi connectivity index (χ0n) is 9.72. The summed E-state index contributed by atoms with van der Waals surface area (Å²) in [6.45, 7) is 4.65. The molecule has 1 aromatic rings. The van der Waals surface area contributed by atoms with Crippen molar-refractivity contribution in [1.29, 1.82) is 0 Å². The summed E-state index contributed by atoms with van der Waals surface area (Å²) in [5.41, 5.74) is 5.24. The van der Waals surface area contributed by atoms with Crippen molar-refractivity contribution in [3.63, 3.8) is 0 Å². The lowest BCUT2D eigenvalue weighted by Gasteiger charge is -2.30. The highest BCUT2D eigenvalue weighted by molar-refractivity contribution is 5.30. The van der Waals surface area contributed by atoms with Crippen molar-refractivity contribution in [2.24, 2.45) is 11.1 Å². The Morgan fingerprint density at radius 2 is 1.94 bits per heavy atom. The maximum Gasteiger partial charge on any atom is 0.133 e. The van der Waals surface area contributed by atoms with Crippen LogP contribution in [0.5, 0.6) is 0 Å². The molecule has 0 unspecified atom stereocenters. The number of rotatable bonds is 3. The summed E-state index contributed by atoms with van der Waals surface area (Å²) in [5.74, 6) is -1.30. The summed E-state index contributed by atoms with van der Waals surface area (Å²) < 4.78 is 27.3. The van der Waals surface area contributed by atoms with E-state index in [0.29, 0.717) is 5.56 Å². The van der Waals surface area contributed by atoms with Crippen LogP contribution in [-0.4, -0.2) is 11.7 Å². The standard InChI is InChI=1S/C12H17F2NO/c1-7-4-5-8(13)9(10(7)14)11(15)12(2,3)6-16/h4-5,11,16H,6,15H2,1-3H3/t11-/m0/s1. The second-order valence-electron chi connectivity index (χ2n) is 4.72. The van der Waals surface area contributed by atoms with Crippen molar-refractivity contribution in [3.05, 3.63) is 34.9 Å². The van der Waals surface area contributed by atoms with E-state index < -0.39 is 23.1 Å². The van der Waals surface area contributed by atoms with E-state index in [0.717, 1.165) is 0 Å². The van der Waals surface area contributed by atoms with E-state index in [1.54, 1.807) is 20.8 Å². The minimum atomic E-state index is -0.877. The van der Waals surface area contributed by atoms with Crippen LogP contribution < -0.4 is 5.73 Å². The third kappa shape index (κ3) is 2.23. The number of aliphatic hydroxyl groups excluding tert-OH is 1. The molecule has 0 saturated heterocycles. The van der Waals surface area contributed by atoms with Crippen LogP contribution in [0.3, 0.4) is 0 Å². The van der Waals surface area contributed by atoms with Crippen molar-refractivity contribution < 1.29 is 13.9 Å². The van der Waals surface area contributed by atoms with E-state index in [1.807, 2.05) is 0 Å². The van der Waals surface area contributed by atoms with Crippen molar-refractivity contribution in [1.82, 2.24) is 0 Å². The molecule has 4 heteroatoms. The molecule has 0 saturated carbocycles. The van der Waals surface area contributed by atoms with Crippen molar-refractivity contribution in [2.75, 3.05) is 6.61 Å². The first kappa shape index (κ1) is 13.1. The van der Waals surface area contributed by atoms with Crippen LogP contribution >= 0.6 is 0 Å². The lowest BCUT2D eigenvalue weighted by molar-refractivity contribution is 0.129. The van der Waals surface area contributed by atoms with Gasteiger partial charge in [-0.2, -0.15) is 0 Å². The van der Waals surface area contributed by atoms with E-state index in [1.165, 1.54) is 12.1 Å². The van der Waals surface area contributed by atoms with Gasteiger partial charge < -0.3 is 10.8 Å². The molecular weight excluding hydrogens is 212 g/mol. The van der Waals surface area contributed by atoms with Gasteiger partial charge in [-0.3, -0.25) is 0 Å². The molecule has 0 amide bonds. The number of aliphatic hydroxyl groups is 1. The highest BCUT2D eigenvalue weighted by atomic mass is 19.1. The maximum absolute atomic E-state index is 13.8. The van der Waals surface area contributed by atoms with E-state index in [9.17, 15) is 8.78 Å². The minimum absolute atomic E-state index is 0.154. The van der Waals surface area contributed by atoms with E-state index >= 15 is 0 Å². The molecular formula is C12H17F2NO. The minimum Gasteiger partial charge on any atom is -0.396 e. The van der Waals surface area contributed by atoms with E-state index in [4.69, 9.17) is 10.8 Å². The molecule has 0 heterocycles. The Labute approximate surface area is 94.1 Å². The molecule has 1 atom stereocenters. The lowest BCUT2D eigenvalue weighted by Crippen LogP contribution is -2.34. The normalized spacial score (nSPS) is 13.9. The average Bonchev–Trinajstić information content (AvgIpc) is 2.24. The first-order valence-electron chi connectivity index (χ1n) is 5.12. The van der Waals surface area contributed by atoms with Crippen LogP contribution in [0.15, 0.2) is 12.1 Å². The second kappa shape index (κ2) is 4.47. The summed E-state index contributed by atoms with van der Waals surface area (Å²) in [4.78, 5) is 0. The molecule has 0 spiro atoms. The summed E-state index contributed by atoms with van der Waals surface area (Å²) in [5, 5.41) is 9.15. The quantitative estimate of drug-likeness (QED) is 0.835. The molecule has 90 valence electrons. The van der Waals surface area contributed by atoms with Crippen LogP contribution in [0.1, 0.15) is 31.0 Å². The van der Waals surface area contributed by atoms with Gasteiger partial charge in [-0.1, -0.05) is 19.9 Å². The molecule has 0 aromatic heterocycles. The topological polar surface area (TPSA) is 46.2 Å². The Morgan fingerprint density at radius 3 is 2.44 bits per heavy atom. The Bertz CT molecular complexity index is 391. The van der Waals surface area contributed by atoms with Gasteiger partial charge in [-0.05, 0) is 18.6 Å². The smallest absolute Gasteiger partial charge is 0.133 e. The van der Waals surface area contributed by atoms with Crippen LogP contribution in [0, 0.1) is 24.0 Å². The summed E-state index contributed by atoms with van der Waals surface area (Å²) >= 11 is 0. The molecule has 0 fully saturated rings. The van der Waals surface area contributed by atoms with Crippen LogP contribution in [0.25, 0.3) is 0 Å². The molecule has 1 rings (SSSR count). The zero-order chi connectivity index (χ0) is 12.5. The average molecular weight is 229 g/mol. The molecule has 0 bridgehead atoms. The Balaban J connectivity index is 3.28. The molecule has 0 aliphatic heterocycles. The third-order valence-electron chi connectivity index (χ3n) is 2.88. The summed E-state index contributed by atoms with van der Waals surface area (Å²) in [6.07, 6.45) is 0. The van der Waals surface area contributed by atoms with Gasteiger partial charge in [0.05, 0.1) is 0 Å². The third-order valence-corrected chi connectivity index (χ3v) is 2.88. The number of hydrogen-bond donors (Lipinski definition) is 2. The van der Waals surface area contributed by atoms with E-state index in [2.05, 4.69) is 0 Å². The van der Waals surface area contributed by atoms with E-state index in [-0.39, 0.29) is 12.2 Å². The van der Waals surface area contributed by atoms with Gasteiger partial charge in [0.25, 0.3) is 0 Å². The van der Waals surface area contributed by atoms with Gasteiger partial charge in [0, 0.05) is 23.6 Å². The number of hydrogen-bond acceptors (Lipinski definition) is 2. The first-order chi connectivity index (χ1) is 7.31. The van der Waals surface area contributed by atoms with Crippen LogP contribution in [0.4, 0.5) is 8.78 Å². The Hall–Kier alpha value is -1.00. The summed E-state index contributed by atoms with van der Waals surface area (Å²) in [6, 6.07) is 1.69. The number of aryl methyl sites for hydroxylation is 1. The van der Waals surface area contributed by atoms with Crippen LogP contribution in [0.2, 0.25) is 0 Å².